The molecule has 4 heteroatoms. The number of aryl methyl sites for hydroxylation is 1. The van der Waals surface area contributed by atoms with Crippen molar-refractivity contribution in [2.24, 2.45) is 0 Å². The van der Waals surface area contributed by atoms with Crippen molar-refractivity contribution in [3.8, 4) is 0 Å². The van der Waals surface area contributed by atoms with Crippen LogP contribution in [0.25, 0.3) is 0 Å². The Labute approximate surface area is 62.5 Å². The largest absolute Gasteiger partial charge is 0.478 e. The van der Waals surface area contributed by atoms with Crippen LogP contribution in [-0.2, 0) is 0 Å². The van der Waals surface area contributed by atoms with Crippen LogP contribution in [0.2, 0.25) is 0 Å². The van der Waals surface area contributed by atoms with Crippen LogP contribution in [0.15, 0.2) is 12.1 Å². The third-order valence-electron chi connectivity index (χ3n) is 1.28. The van der Waals surface area contributed by atoms with E-state index in [1.54, 1.807) is 0 Å². The van der Waals surface area contributed by atoms with Crippen molar-refractivity contribution in [2.75, 3.05) is 0 Å². The van der Waals surface area contributed by atoms with Gasteiger partial charge in [-0.3, -0.25) is 0 Å². The zero-order chi connectivity index (χ0) is 8.43. The number of hydrogen-bond acceptors (Lipinski definition) is 2. The SMILES string of the molecule is Cc1nc(F)ccc1C(=O)O. The Morgan fingerprint density at radius 3 is 2.73 bits per heavy atom. The Morgan fingerprint density at radius 2 is 2.27 bits per heavy atom. The third-order valence-corrected chi connectivity index (χ3v) is 1.28. The molecule has 1 aromatic heterocycles. The number of carbonyl (C=O) groups is 1. The quantitative estimate of drug-likeness (QED) is 0.620. The molecule has 11 heavy (non-hydrogen) atoms. The number of aromatic nitrogens is 1. The fourth-order valence-electron chi connectivity index (χ4n) is 0.756. The lowest BCUT2D eigenvalue weighted by Crippen LogP contribution is -2.02. The van der Waals surface area contributed by atoms with Gasteiger partial charge in [-0.1, -0.05) is 0 Å². The molecule has 0 aliphatic rings. The molecular weight excluding hydrogens is 149 g/mol. The predicted octanol–water partition coefficient (Wildman–Crippen LogP) is 1.23. The van der Waals surface area contributed by atoms with E-state index in [2.05, 4.69) is 4.98 Å². The van der Waals surface area contributed by atoms with E-state index in [-0.39, 0.29) is 11.3 Å². The molecule has 0 radical (unpaired) electrons. The zero-order valence-electron chi connectivity index (χ0n) is 5.84. The minimum Gasteiger partial charge on any atom is -0.478 e. The summed E-state index contributed by atoms with van der Waals surface area (Å²) in [5.41, 5.74) is 0.226. The first-order valence-electron chi connectivity index (χ1n) is 2.97. The molecule has 1 aromatic rings. The second-order valence-corrected chi connectivity index (χ2v) is 2.07. The molecule has 0 bridgehead atoms. The molecule has 0 saturated heterocycles. The van der Waals surface area contributed by atoms with Gasteiger partial charge in [0, 0.05) is 0 Å². The maximum Gasteiger partial charge on any atom is 0.337 e. The number of nitrogens with zero attached hydrogens (tertiary/aromatic N) is 1. The molecule has 1 heterocycles. The summed E-state index contributed by atoms with van der Waals surface area (Å²) in [5.74, 6) is -1.75. The lowest BCUT2D eigenvalue weighted by molar-refractivity contribution is 0.0695. The summed E-state index contributed by atoms with van der Waals surface area (Å²) >= 11 is 0. The highest BCUT2D eigenvalue weighted by Crippen LogP contribution is 2.05. The number of aromatic carboxylic acids is 1. The number of carboxylic acid groups (broad SMARTS) is 1. The van der Waals surface area contributed by atoms with Gasteiger partial charge in [0.1, 0.15) is 0 Å². The summed E-state index contributed by atoms with van der Waals surface area (Å²) in [6, 6.07) is 2.22. The molecule has 1 N–H and O–H groups in total. The number of carboxylic acids is 1. The summed E-state index contributed by atoms with van der Waals surface area (Å²) in [7, 11) is 0. The molecule has 0 amide bonds. The van der Waals surface area contributed by atoms with E-state index in [0.717, 1.165) is 6.07 Å². The number of pyridine rings is 1. The van der Waals surface area contributed by atoms with E-state index in [1.807, 2.05) is 0 Å². The van der Waals surface area contributed by atoms with Crippen LogP contribution >= 0.6 is 0 Å². The van der Waals surface area contributed by atoms with Gasteiger partial charge in [0.25, 0.3) is 0 Å². The van der Waals surface area contributed by atoms with Crippen molar-refractivity contribution < 1.29 is 14.3 Å². The molecule has 1 rings (SSSR count). The standard InChI is InChI=1S/C7H6FNO2/c1-4-5(7(10)11)2-3-6(8)9-4/h2-3H,1H3,(H,10,11). The van der Waals surface area contributed by atoms with E-state index in [1.165, 1.54) is 13.0 Å². The molecule has 0 unspecified atom stereocenters. The van der Waals surface area contributed by atoms with Crippen LogP contribution in [0.4, 0.5) is 4.39 Å². The lowest BCUT2D eigenvalue weighted by atomic mass is 10.2. The average molecular weight is 155 g/mol. The van der Waals surface area contributed by atoms with Gasteiger partial charge >= 0.3 is 5.97 Å². The first-order valence-corrected chi connectivity index (χ1v) is 2.97. The fraction of sp³-hybridized carbons (Fsp3) is 0.143. The molecule has 0 aromatic carbocycles. The maximum atomic E-state index is 12.3. The van der Waals surface area contributed by atoms with Gasteiger partial charge in [-0.2, -0.15) is 4.39 Å². The molecule has 0 atom stereocenters. The first kappa shape index (κ1) is 7.65. The van der Waals surface area contributed by atoms with Crippen LogP contribution in [0, 0.1) is 12.9 Å². The maximum absolute atomic E-state index is 12.3. The van der Waals surface area contributed by atoms with E-state index in [9.17, 15) is 9.18 Å². The topological polar surface area (TPSA) is 50.2 Å². The minimum atomic E-state index is -1.09. The van der Waals surface area contributed by atoms with Crippen LogP contribution in [0.5, 0.6) is 0 Å². The van der Waals surface area contributed by atoms with Gasteiger partial charge in [-0.15, -0.1) is 0 Å². The Balaban J connectivity index is 3.20. The Bertz CT molecular complexity index is 298. The Hall–Kier alpha value is -1.45. The highest BCUT2D eigenvalue weighted by Gasteiger charge is 2.07. The predicted molar refractivity (Wildman–Crippen MR) is 35.9 cm³/mol. The van der Waals surface area contributed by atoms with Crippen molar-refractivity contribution in [3.63, 3.8) is 0 Å². The zero-order valence-corrected chi connectivity index (χ0v) is 5.84. The molecule has 0 aliphatic carbocycles. The highest BCUT2D eigenvalue weighted by atomic mass is 19.1. The van der Waals surface area contributed by atoms with Crippen LogP contribution in [0.1, 0.15) is 16.1 Å². The fourth-order valence-corrected chi connectivity index (χ4v) is 0.756. The van der Waals surface area contributed by atoms with Crippen molar-refractivity contribution in [1.29, 1.82) is 0 Å². The van der Waals surface area contributed by atoms with Gasteiger partial charge in [0.15, 0.2) is 0 Å². The number of hydrogen-bond donors (Lipinski definition) is 1. The summed E-state index contributed by atoms with van der Waals surface area (Å²) in [5, 5.41) is 8.49. The minimum absolute atomic E-state index is 0.0337. The van der Waals surface area contributed by atoms with Gasteiger partial charge < -0.3 is 5.11 Å². The van der Waals surface area contributed by atoms with E-state index in [4.69, 9.17) is 5.11 Å². The second-order valence-electron chi connectivity index (χ2n) is 2.07. The molecular formula is C7H6FNO2. The first-order chi connectivity index (χ1) is 5.11. The third kappa shape index (κ3) is 1.52. The normalized spacial score (nSPS) is 9.64. The van der Waals surface area contributed by atoms with Crippen LogP contribution in [0.3, 0.4) is 0 Å². The average Bonchev–Trinajstić information content (AvgIpc) is 1.85. The Kier molecular flexibility index (Phi) is 1.85. The van der Waals surface area contributed by atoms with Crippen molar-refractivity contribution >= 4 is 5.97 Å². The van der Waals surface area contributed by atoms with Gasteiger partial charge in [0.05, 0.1) is 11.3 Å². The molecule has 0 saturated carbocycles. The van der Waals surface area contributed by atoms with Crippen molar-refractivity contribution in [3.05, 3.63) is 29.3 Å². The molecule has 0 fully saturated rings. The van der Waals surface area contributed by atoms with Crippen LogP contribution in [-0.4, -0.2) is 16.1 Å². The van der Waals surface area contributed by atoms with Gasteiger partial charge in [-0.05, 0) is 19.1 Å². The molecule has 0 spiro atoms. The van der Waals surface area contributed by atoms with Crippen LogP contribution < -0.4 is 0 Å². The summed E-state index contributed by atoms with van der Waals surface area (Å²) < 4.78 is 12.3. The summed E-state index contributed by atoms with van der Waals surface area (Å²) in [6.07, 6.45) is 0. The van der Waals surface area contributed by atoms with Crippen molar-refractivity contribution in [2.45, 2.75) is 6.92 Å². The van der Waals surface area contributed by atoms with E-state index in [0.29, 0.717) is 0 Å². The second kappa shape index (κ2) is 2.65. The molecule has 58 valence electrons. The van der Waals surface area contributed by atoms with E-state index >= 15 is 0 Å². The molecule has 0 aliphatic heterocycles. The van der Waals surface area contributed by atoms with Gasteiger partial charge in [0.2, 0.25) is 5.95 Å². The lowest BCUT2D eigenvalue weighted by Gasteiger charge is -1.97. The molecule has 3 nitrogen and oxygen atoms in total. The number of halogens is 1. The monoisotopic (exact) mass is 155 g/mol. The number of rotatable bonds is 1. The van der Waals surface area contributed by atoms with Gasteiger partial charge in [-0.25, -0.2) is 9.78 Å². The highest BCUT2D eigenvalue weighted by molar-refractivity contribution is 5.88. The summed E-state index contributed by atoms with van der Waals surface area (Å²) in [4.78, 5) is 13.7. The Morgan fingerprint density at radius 1 is 1.64 bits per heavy atom. The van der Waals surface area contributed by atoms with Crippen molar-refractivity contribution in [1.82, 2.24) is 4.98 Å². The van der Waals surface area contributed by atoms with E-state index < -0.39 is 11.9 Å². The smallest absolute Gasteiger partial charge is 0.337 e. The summed E-state index contributed by atoms with van der Waals surface area (Å²) in [6.45, 7) is 1.45.